The first-order valence-corrected chi connectivity index (χ1v) is 7.24. The number of nitrogens with two attached hydrogens (primary N) is 1. The van der Waals surface area contributed by atoms with Crippen LogP contribution in [-0.4, -0.2) is 24.9 Å². The van der Waals surface area contributed by atoms with Crippen LogP contribution in [0.4, 0.5) is 0 Å². The van der Waals surface area contributed by atoms with Crippen molar-refractivity contribution in [3.8, 4) is 5.75 Å². The van der Waals surface area contributed by atoms with Crippen LogP contribution in [0.2, 0.25) is 5.02 Å². The predicted octanol–water partition coefficient (Wildman–Crippen LogP) is 3.18. The predicted molar refractivity (Wildman–Crippen MR) is 77.9 cm³/mol. The van der Waals surface area contributed by atoms with Crippen LogP contribution in [0.1, 0.15) is 32.3 Å². The van der Waals surface area contributed by atoms with Crippen LogP contribution in [0.15, 0.2) is 18.2 Å². The zero-order valence-corrected chi connectivity index (χ0v) is 12.3. The molecular formula is C15H22ClNO2. The average Bonchev–Trinajstić information content (AvgIpc) is 2.73. The minimum Gasteiger partial charge on any atom is -0.491 e. The van der Waals surface area contributed by atoms with Crippen molar-refractivity contribution in [3.63, 3.8) is 0 Å². The van der Waals surface area contributed by atoms with Gasteiger partial charge in [-0.25, -0.2) is 0 Å². The van der Waals surface area contributed by atoms with Crippen molar-refractivity contribution < 1.29 is 9.47 Å². The van der Waals surface area contributed by atoms with Gasteiger partial charge in [0.25, 0.3) is 0 Å². The van der Waals surface area contributed by atoms with E-state index >= 15 is 0 Å². The molecule has 19 heavy (non-hydrogen) atoms. The van der Waals surface area contributed by atoms with Gasteiger partial charge in [-0.1, -0.05) is 11.6 Å². The van der Waals surface area contributed by atoms with Gasteiger partial charge in [0.05, 0.1) is 12.2 Å². The Labute approximate surface area is 120 Å². The van der Waals surface area contributed by atoms with Gasteiger partial charge in [0.15, 0.2) is 0 Å². The van der Waals surface area contributed by atoms with Gasteiger partial charge in [0.1, 0.15) is 12.4 Å². The van der Waals surface area contributed by atoms with Gasteiger partial charge >= 0.3 is 0 Å². The second kappa shape index (κ2) is 6.60. The summed E-state index contributed by atoms with van der Waals surface area (Å²) in [6.07, 6.45) is 3.49. The van der Waals surface area contributed by atoms with Crippen molar-refractivity contribution >= 4 is 11.6 Å². The summed E-state index contributed by atoms with van der Waals surface area (Å²) in [5.41, 5.74) is 6.92. The fourth-order valence-electron chi connectivity index (χ4n) is 2.39. The van der Waals surface area contributed by atoms with Crippen LogP contribution in [0.5, 0.6) is 5.75 Å². The molecule has 0 bridgehead atoms. The van der Waals surface area contributed by atoms with E-state index in [-0.39, 0.29) is 12.1 Å². The molecule has 0 amide bonds. The van der Waals surface area contributed by atoms with E-state index in [9.17, 15) is 0 Å². The summed E-state index contributed by atoms with van der Waals surface area (Å²) in [6, 6.07) is 5.78. The molecule has 106 valence electrons. The average molecular weight is 284 g/mol. The summed E-state index contributed by atoms with van der Waals surface area (Å²) < 4.78 is 11.6. The standard InChI is InChI=1S/C15H22ClNO2/c1-10(17)7-12-8-13(16)4-6-15(12)18-9-14-5-3-11(2)19-14/h4,6,8,10-11,14H,3,5,7,9,17H2,1-2H3. The van der Waals surface area contributed by atoms with Crippen molar-refractivity contribution in [2.75, 3.05) is 6.61 Å². The highest BCUT2D eigenvalue weighted by atomic mass is 35.5. The molecule has 0 spiro atoms. The minimum absolute atomic E-state index is 0.0866. The Hall–Kier alpha value is -0.770. The normalized spacial score (nSPS) is 24.4. The lowest BCUT2D eigenvalue weighted by Crippen LogP contribution is -2.20. The third-order valence-electron chi connectivity index (χ3n) is 3.31. The zero-order chi connectivity index (χ0) is 13.8. The molecule has 1 aliphatic rings. The van der Waals surface area contributed by atoms with Gasteiger partial charge in [-0.3, -0.25) is 0 Å². The van der Waals surface area contributed by atoms with Crippen LogP contribution >= 0.6 is 11.6 Å². The van der Waals surface area contributed by atoms with Crippen molar-refractivity contribution in [1.29, 1.82) is 0 Å². The Bertz CT molecular complexity index is 423. The molecule has 1 fully saturated rings. The van der Waals surface area contributed by atoms with Gasteiger partial charge in [0.2, 0.25) is 0 Å². The number of benzene rings is 1. The molecule has 4 heteroatoms. The third-order valence-corrected chi connectivity index (χ3v) is 3.54. The summed E-state index contributed by atoms with van der Waals surface area (Å²) in [5.74, 6) is 0.866. The van der Waals surface area contributed by atoms with E-state index in [1.165, 1.54) is 0 Å². The number of rotatable bonds is 5. The van der Waals surface area contributed by atoms with E-state index in [4.69, 9.17) is 26.8 Å². The summed E-state index contributed by atoms with van der Waals surface area (Å²) >= 11 is 6.03. The number of halogens is 1. The smallest absolute Gasteiger partial charge is 0.122 e. The summed E-state index contributed by atoms with van der Waals surface area (Å²) in [6.45, 7) is 4.67. The fraction of sp³-hybridized carbons (Fsp3) is 0.600. The van der Waals surface area contributed by atoms with E-state index in [0.29, 0.717) is 17.7 Å². The maximum absolute atomic E-state index is 6.03. The maximum atomic E-state index is 6.03. The molecule has 0 radical (unpaired) electrons. The Kier molecular flexibility index (Phi) is 5.08. The monoisotopic (exact) mass is 283 g/mol. The van der Waals surface area contributed by atoms with Crippen molar-refractivity contribution in [1.82, 2.24) is 0 Å². The first-order valence-electron chi connectivity index (χ1n) is 6.87. The van der Waals surface area contributed by atoms with Crippen molar-refractivity contribution in [2.24, 2.45) is 5.73 Å². The van der Waals surface area contributed by atoms with Crippen LogP contribution < -0.4 is 10.5 Å². The van der Waals surface area contributed by atoms with E-state index < -0.39 is 0 Å². The molecule has 3 unspecified atom stereocenters. The lowest BCUT2D eigenvalue weighted by molar-refractivity contribution is 0.0262. The van der Waals surface area contributed by atoms with E-state index in [2.05, 4.69) is 6.92 Å². The first kappa shape index (κ1) is 14.6. The Morgan fingerprint density at radius 3 is 2.89 bits per heavy atom. The first-order chi connectivity index (χ1) is 9.04. The molecule has 1 saturated heterocycles. The minimum atomic E-state index is 0.0866. The molecule has 0 aromatic heterocycles. The highest BCUT2D eigenvalue weighted by Crippen LogP contribution is 2.26. The molecule has 1 heterocycles. The Morgan fingerprint density at radius 1 is 1.47 bits per heavy atom. The largest absolute Gasteiger partial charge is 0.491 e. The Morgan fingerprint density at radius 2 is 2.26 bits per heavy atom. The van der Waals surface area contributed by atoms with Crippen LogP contribution in [0, 0.1) is 0 Å². The fourth-order valence-corrected chi connectivity index (χ4v) is 2.58. The molecular weight excluding hydrogens is 262 g/mol. The highest BCUT2D eigenvalue weighted by molar-refractivity contribution is 6.30. The third kappa shape index (κ3) is 4.37. The molecule has 1 aromatic carbocycles. The molecule has 2 N–H and O–H groups in total. The molecule has 1 aliphatic heterocycles. The lowest BCUT2D eigenvalue weighted by atomic mass is 10.1. The van der Waals surface area contributed by atoms with Crippen molar-refractivity contribution in [3.05, 3.63) is 28.8 Å². The molecule has 0 saturated carbocycles. The SMILES string of the molecule is CC(N)Cc1cc(Cl)ccc1OCC1CCC(C)O1. The Balaban J connectivity index is 1.98. The van der Waals surface area contributed by atoms with Gasteiger partial charge in [0, 0.05) is 11.1 Å². The van der Waals surface area contributed by atoms with E-state index in [1.807, 2.05) is 25.1 Å². The lowest BCUT2D eigenvalue weighted by Gasteiger charge is -2.16. The molecule has 1 aromatic rings. The molecule has 0 aliphatic carbocycles. The summed E-state index contributed by atoms with van der Waals surface area (Å²) in [7, 11) is 0. The molecule has 3 atom stereocenters. The van der Waals surface area contributed by atoms with Gasteiger partial charge < -0.3 is 15.2 Å². The summed E-state index contributed by atoms with van der Waals surface area (Å²) in [5, 5.41) is 0.716. The number of hydrogen-bond donors (Lipinski definition) is 1. The van der Waals surface area contributed by atoms with Gasteiger partial charge in [-0.15, -0.1) is 0 Å². The van der Waals surface area contributed by atoms with Crippen LogP contribution in [-0.2, 0) is 11.2 Å². The quantitative estimate of drug-likeness (QED) is 0.903. The molecule has 2 rings (SSSR count). The van der Waals surface area contributed by atoms with Crippen molar-refractivity contribution in [2.45, 2.75) is 51.4 Å². The van der Waals surface area contributed by atoms with E-state index in [1.54, 1.807) is 0 Å². The summed E-state index contributed by atoms with van der Waals surface area (Å²) in [4.78, 5) is 0. The topological polar surface area (TPSA) is 44.5 Å². The second-order valence-corrected chi connectivity index (χ2v) is 5.83. The highest BCUT2D eigenvalue weighted by Gasteiger charge is 2.22. The number of hydrogen-bond acceptors (Lipinski definition) is 3. The van der Waals surface area contributed by atoms with Crippen LogP contribution in [0.3, 0.4) is 0 Å². The number of ether oxygens (including phenoxy) is 2. The van der Waals surface area contributed by atoms with Gasteiger partial charge in [-0.05, 0) is 56.9 Å². The van der Waals surface area contributed by atoms with E-state index in [0.717, 1.165) is 30.6 Å². The second-order valence-electron chi connectivity index (χ2n) is 5.39. The van der Waals surface area contributed by atoms with Crippen LogP contribution in [0.25, 0.3) is 0 Å². The maximum Gasteiger partial charge on any atom is 0.122 e. The molecule has 3 nitrogen and oxygen atoms in total. The van der Waals surface area contributed by atoms with Gasteiger partial charge in [-0.2, -0.15) is 0 Å². The zero-order valence-electron chi connectivity index (χ0n) is 11.6.